The zero-order valence-electron chi connectivity index (χ0n) is 8.37. The maximum atomic E-state index is 6.07. The minimum Gasteiger partial charge on any atom is -0.351 e. The fraction of sp³-hybridized carbons (Fsp3) is 0.600. The van der Waals surface area contributed by atoms with Crippen molar-refractivity contribution in [3.63, 3.8) is 0 Å². The highest BCUT2D eigenvalue weighted by Crippen LogP contribution is 2.31. The van der Waals surface area contributed by atoms with E-state index in [-0.39, 0.29) is 0 Å². The van der Waals surface area contributed by atoms with Gasteiger partial charge in [0.1, 0.15) is 11.3 Å². The molecule has 1 saturated carbocycles. The highest BCUT2D eigenvalue weighted by Gasteiger charge is 2.26. The van der Waals surface area contributed by atoms with E-state index in [1.54, 1.807) is 6.20 Å². The standard InChI is InChI=1S/C10H13Cl2N3/c11-4-5-15(8-2-1-3-8)10-9(12)6-13-7-14-10/h6-8H,1-5H2. The molecule has 82 valence electrons. The smallest absolute Gasteiger partial charge is 0.151 e. The number of nitrogens with zero attached hydrogens (tertiary/aromatic N) is 3. The van der Waals surface area contributed by atoms with E-state index in [9.17, 15) is 0 Å². The summed E-state index contributed by atoms with van der Waals surface area (Å²) in [5.74, 6) is 1.41. The van der Waals surface area contributed by atoms with Crippen molar-refractivity contribution in [2.75, 3.05) is 17.3 Å². The molecule has 0 aliphatic heterocycles. The van der Waals surface area contributed by atoms with Crippen molar-refractivity contribution in [1.29, 1.82) is 0 Å². The molecule has 1 heterocycles. The third kappa shape index (κ3) is 2.34. The van der Waals surface area contributed by atoms with Gasteiger partial charge in [0, 0.05) is 18.5 Å². The summed E-state index contributed by atoms with van der Waals surface area (Å²) in [5.41, 5.74) is 0. The molecule has 2 rings (SSSR count). The Kier molecular flexibility index (Phi) is 3.65. The molecule has 1 aromatic rings. The van der Waals surface area contributed by atoms with Crippen LogP contribution in [0.25, 0.3) is 0 Å². The summed E-state index contributed by atoms with van der Waals surface area (Å²) in [6, 6.07) is 0.552. The van der Waals surface area contributed by atoms with Crippen LogP contribution < -0.4 is 4.90 Å². The first-order valence-electron chi connectivity index (χ1n) is 5.11. The van der Waals surface area contributed by atoms with Gasteiger partial charge in [-0.2, -0.15) is 0 Å². The third-order valence-corrected chi connectivity index (χ3v) is 3.20. The van der Waals surface area contributed by atoms with E-state index in [1.165, 1.54) is 25.6 Å². The zero-order valence-corrected chi connectivity index (χ0v) is 9.88. The number of anilines is 1. The van der Waals surface area contributed by atoms with Crippen molar-refractivity contribution in [2.24, 2.45) is 0 Å². The van der Waals surface area contributed by atoms with E-state index in [1.807, 2.05) is 0 Å². The second-order valence-electron chi connectivity index (χ2n) is 3.66. The molecular weight excluding hydrogens is 233 g/mol. The van der Waals surface area contributed by atoms with Crippen LogP contribution >= 0.6 is 23.2 Å². The average Bonchev–Trinajstić information content (AvgIpc) is 2.15. The Hall–Kier alpha value is -0.540. The molecule has 0 saturated heterocycles. The second kappa shape index (κ2) is 4.99. The number of rotatable bonds is 4. The highest BCUT2D eigenvalue weighted by atomic mass is 35.5. The van der Waals surface area contributed by atoms with E-state index in [2.05, 4.69) is 14.9 Å². The van der Waals surface area contributed by atoms with Gasteiger partial charge in [-0.3, -0.25) is 0 Å². The number of hydrogen-bond donors (Lipinski definition) is 0. The van der Waals surface area contributed by atoms with Crippen LogP contribution in [0.4, 0.5) is 5.82 Å². The Labute approximate surface area is 99.4 Å². The lowest BCUT2D eigenvalue weighted by atomic mass is 9.91. The van der Waals surface area contributed by atoms with Gasteiger partial charge in [0.15, 0.2) is 5.82 Å². The molecule has 0 radical (unpaired) electrons. The van der Waals surface area contributed by atoms with Crippen molar-refractivity contribution in [2.45, 2.75) is 25.3 Å². The molecule has 3 nitrogen and oxygen atoms in total. The summed E-state index contributed by atoms with van der Waals surface area (Å²) in [6.45, 7) is 0.795. The molecular formula is C10H13Cl2N3. The molecule has 5 heteroatoms. The largest absolute Gasteiger partial charge is 0.351 e. The molecule has 0 aromatic carbocycles. The van der Waals surface area contributed by atoms with Crippen molar-refractivity contribution >= 4 is 29.0 Å². The molecule has 1 aliphatic carbocycles. The molecule has 0 N–H and O–H groups in total. The normalized spacial score (nSPS) is 16.1. The molecule has 0 atom stereocenters. The van der Waals surface area contributed by atoms with Crippen LogP contribution in [0.15, 0.2) is 12.5 Å². The van der Waals surface area contributed by atoms with Gasteiger partial charge in [-0.15, -0.1) is 11.6 Å². The van der Waals surface area contributed by atoms with Gasteiger partial charge in [0.05, 0.1) is 6.20 Å². The average molecular weight is 246 g/mol. The minimum atomic E-state index is 0.552. The van der Waals surface area contributed by atoms with Crippen LogP contribution in [0, 0.1) is 0 Å². The van der Waals surface area contributed by atoms with Crippen LogP contribution in [0.3, 0.4) is 0 Å². The van der Waals surface area contributed by atoms with Gasteiger partial charge in [-0.05, 0) is 19.3 Å². The molecule has 0 spiro atoms. The van der Waals surface area contributed by atoms with Gasteiger partial charge >= 0.3 is 0 Å². The van der Waals surface area contributed by atoms with Gasteiger partial charge < -0.3 is 4.90 Å². The summed E-state index contributed by atoms with van der Waals surface area (Å²) in [7, 11) is 0. The van der Waals surface area contributed by atoms with E-state index < -0.39 is 0 Å². The Morgan fingerprint density at radius 3 is 2.80 bits per heavy atom. The predicted octanol–water partition coefficient (Wildman–Crippen LogP) is 2.73. The molecule has 1 aliphatic rings. The summed E-state index contributed by atoms with van der Waals surface area (Å²) in [6.07, 6.45) is 6.85. The maximum Gasteiger partial charge on any atom is 0.151 e. The number of hydrogen-bond acceptors (Lipinski definition) is 3. The van der Waals surface area contributed by atoms with E-state index in [4.69, 9.17) is 23.2 Å². The first-order valence-corrected chi connectivity index (χ1v) is 6.02. The SMILES string of the molecule is ClCCN(c1ncncc1Cl)C1CCC1. The Balaban J connectivity index is 2.19. The lowest BCUT2D eigenvalue weighted by Gasteiger charge is -2.38. The van der Waals surface area contributed by atoms with E-state index in [0.29, 0.717) is 16.9 Å². The summed E-state index contributed by atoms with van der Waals surface area (Å²) in [5, 5.41) is 0.606. The number of aromatic nitrogens is 2. The first kappa shape index (κ1) is 11.0. The van der Waals surface area contributed by atoms with Crippen LogP contribution in [0.2, 0.25) is 5.02 Å². The van der Waals surface area contributed by atoms with Crippen LogP contribution in [0.5, 0.6) is 0 Å². The monoisotopic (exact) mass is 245 g/mol. The van der Waals surface area contributed by atoms with Gasteiger partial charge in [0.25, 0.3) is 0 Å². The highest BCUT2D eigenvalue weighted by molar-refractivity contribution is 6.32. The molecule has 1 fully saturated rings. The van der Waals surface area contributed by atoms with E-state index in [0.717, 1.165) is 12.4 Å². The molecule has 1 aromatic heterocycles. The fourth-order valence-corrected chi connectivity index (χ4v) is 2.16. The van der Waals surface area contributed by atoms with Crippen molar-refractivity contribution in [1.82, 2.24) is 9.97 Å². The van der Waals surface area contributed by atoms with Crippen molar-refractivity contribution in [3.8, 4) is 0 Å². The molecule has 0 bridgehead atoms. The Bertz CT molecular complexity index is 328. The lowest BCUT2D eigenvalue weighted by molar-refractivity contribution is 0.388. The Morgan fingerprint density at radius 1 is 1.47 bits per heavy atom. The fourth-order valence-electron chi connectivity index (χ4n) is 1.77. The quantitative estimate of drug-likeness (QED) is 0.765. The summed E-state index contributed by atoms with van der Waals surface area (Å²) >= 11 is 11.9. The minimum absolute atomic E-state index is 0.552. The zero-order chi connectivity index (χ0) is 10.7. The van der Waals surface area contributed by atoms with Crippen LogP contribution in [-0.4, -0.2) is 28.4 Å². The topological polar surface area (TPSA) is 29.0 Å². The number of alkyl halides is 1. The van der Waals surface area contributed by atoms with Crippen LogP contribution in [-0.2, 0) is 0 Å². The molecule has 0 amide bonds. The van der Waals surface area contributed by atoms with Crippen LogP contribution in [0.1, 0.15) is 19.3 Å². The molecule has 15 heavy (non-hydrogen) atoms. The van der Waals surface area contributed by atoms with Gasteiger partial charge in [-0.25, -0.2) is 9.97 Å². The third-order valence-electron chi connectivity index (χ3n) is 2.76. The van der Waals surface area contributed by atoms with Gasteiger partial charge in [-0.1, -0.05) is 11.6 Å². The molecule has 0 unspecified atom stereocenters. The predicted molar refractivity (Wildman–Crippen MR) is 62.7 cm³/mol. The van der Waals surface area contributed by atoms with E-state index >= 15 is 0 Å². The summed E-state index contributed by atoms with van der Waals surface area (Å²) < 4.78 is 0. The van der Waals surface area contributed by atoms with Gasteiger partial charge in [0.2, 0.25) is 0 Å². The number of halogens is 2. The Morgan fingerprint density at radius 2 is 2.27 bits per heavy atom. The maximum absolute atomic E-state index is 6.07. The van der Waals surface area contributed by atoms with Crippen molar-refractivity contribution < 1.29 is 0 Å². The van der Waals surface area contributed by atoms with Crippen molar-refractivity contribution in [3.05, 3.63) is 17.5 Å². The summed E-state index contributed by atoms with van der Waals surface area (Å²) in [4.78, 5) is 10.3. The first-order chi connectivity index (χ1) is 7.33. The second-order valence-corrected chi connectivity index (χ2v) is 4.45. The lowest BCUT2D eigenvalue weighted by Crippen LogP contribution is -2.42.